The van der Waals surface area contributed by atoms with Crippen LogP contribution < -0.4 is 0 Å². The molecule has 4 nitrogen and oxygen atoms in total. The summed E-state index contributed by atoms with van der Waals surface area (Å²) >= 11 is 0. The number of hydrogen-bond donors (Lipinski definition) is 0. The molecule has 0 unspecified atom stereocenters. The van der Waals surface area contributed by atoms with Gasteiger partial charge in [0.05, 0.1) is 5.41 Å². The van der Waals surface area contributed by atoms with Crippen molar-refractivity contribution in [2.24, 2.45) is 5.41 Å². The fourth-order valence-corrected chi connectivity index (χ4v) is 0.659. The average molecular weight is 202 g/mol. The first kappa shape index (κ1) is 12.9. The van der Waals surface area contributed by atoms with Gasteiger partial charge in [0.15, 0.2) is 0 Å². The zero-order valence-electron chi connectivity index (χ0n) is 9.25. The Morgan fingerprint density at radius 3 is 2.07 bits per heavy atom. The number of carbonyl (C=O) groups is 2. The molecule has 0 fully saturated rings. The van der Waals surface area contributed by atoms with Crippen molar-refractivity contribution in [1.29, 1.82) is 0 Å². The Morgan fingerprint density at radius 2 is 1.64 bits per heavy atom. The Morgan fingerprint density at radius 1 is 1.14 bits per heavy atom. The number of ether oxygens (including phenoxy) is 2. The molecule has 0 amide bonds. The minimum Gasteiger partial charge on any atom is -0.462 e. The smallest absolute Gasteiger partial charge is 0.311 e. The van der Waals surface area contributed by atoms with E-state index in [4.69, 9.17) is 4.74 Å². The quantitative estimate of drug-likeness (QED) is 0.501. The van der Waals surface area contributed by atoms with E-state index in [1.807, 2.05) is 20.8 Å². The molecular weight excluding hydrogens is 184 g/mol. The molecule has 0 N–H and O–H groups in total. The van der Waals surface area contributed by atoms with E-state index in [1.54, 1.807) is 0 Å². The first-order chi connectivity index (χ1) is 6.40. The molecule has 0 saturated carbocycles. The Kier molecular flexibility index (Phi) is 5.20. The topological polar surface area (TPSA) is 52.6 Å². The van der Waals surface area contributed by atoms with E-state index in [9.17, 15) is 9.59 Å². The van der Waals surface area contributed by atoms with Gasteiger partial charge in [-0.3, -0.25) is 9.59 Å². The highest BCUT2D eigenvalue weighted by Crippen LogP contribution is 2.21. The standard InChI is InChI=1S/C10H18O4/c1-5-10(3,4)9(12)14-7-6-13-8(2)11/h5-7H2,1-4H3. The van der Waals surface area contributed by atoms with Crippen molar-refractivity contribution in [2.75, 3.05) is 13.2 Å². The van der Waals surface area contributed by atoms with Crippen molar-refractivity contribution in [1.82, 2.24) is 0 Å². The Balaban J connectivity index is 3.70. The normalized spacial score (nSPS) is 10.9. The van der Waals surface area contributed by atoms with Gasteiger partial charge in [0.25, 0.3) is 0 Å². The molecule has 0 saturated heterocycles. The van der Waals surface area contributed by atoms with Crippen LogP contribution in [0.2, 0.25) is 0 Å². The molecule has 0 heterocycles. The predicted octanol–water partition coefficient (Wildman–Crippen LogP) is 1.53. The van der Waals surface area contributed by atoms with Crippen molar-refractivity contribution >= 4 is 11.9 Å². The van der Waals surface area contributed by atoms with Crippen molar-refractivity contribution < 1.29 is 19.1 Å². The van der Waals surface area contributed by atoms with Gasteiger partial charge in [0.1, 0.15) is 13.2 Å². The lowest BCUT2D eigenvalue weighted by atomic mass is 9.91. The molecule has 0 aliphatic rings. The highest BCUT2D eigenvalue weighted by atomic mass is 16.6. The van der Waals surface area contributed by atoms with Gasteiger partial charge >= 0.3 is 11.9 Å². The first-order valence-electron chi connectivity index (χ1n) is 4.70. The fraction of sp³-hybridized carbons (Fsp3) is 0.800. The van der Waals surface area contributed by atoms with Crippen LogP contribution in [0.3, 0.4) is 0 Å². The molecule has 0 aliphatic carbocycles. The highest BCUT2D eigenvalue weighted by molar-refractivity contribution is 5.75. The summed E-state index contributed by atoms with van der Waals surface area (Å²) in [6, 6.07) is 0. The third kappa shape index (κ3) is 4.84. The Hall–Kier alpha value is -1.06. The summed E-state index contributed by atoms with van der Waals surface area (Å²) in [5.74, 6) is -0.622. The lowest BCUT2D eigenvalue weighted by Crippen LogP contribution is -2.27. The number of rotatable bonds is 5. The third-order valence-electron chi connectivity index (χ3n) is 2.06. The molecule has 0 spiro atoms. The van der Waals surface area contributed by atoms with E-state index in [0.29, 0.717) is 0 Å². The van der Waals surface area contributed by atoms with Gasteiger partial charge in [-0.25, -0.2) is 0 Å². The zero-order chi connectivity index (χ0) is 11.2. The molecule has 0 aromatic heterocycles. The summed E-state index contributed by atoms with van der Waals surface area (Å²) < 4.78 is 9.55. The van der Waals surface area contributed by atoms with Gasteiger partial charge < -0.3 is 9.47 Å². The van der Waals surface area contributed by atoms with Crippen LogP contribution in [0.5, 0.6) is 0 Å². The second kappa shape index (κ2) is 5.62. The van der Waals surface area contributed by atoms with Gasteiger partial charge in [-0.2, -0.15) is 0 Å². The molecule has 82 valence electrons. The molecule has 0 rings (SSSR count). The lowest BCUT2D eigenvalue weighted by molar-refractivity contribution is -0.158. The molecule has 0 aliphatic heterocycles. The van der Waals surface area contributed by atoms with E-state index in [1.165, 1.54) is 6.92 Å². The van der Waals surface area contributed by atoms with Crippen LogP contribution in [0.15, 0.2) is 0 Å². The highest BCUT2D eigenvalue weighted by Gasteiger charge is 2.26. The fourth-order valence-electron chi connectivity index (χ4n) is 0.659. The van der Waals surface area contributed by atoms with E-state index >= 15 is 0 Å². The molecular formula is C10H18O4. The van der Waals surface area contributed by atoms with Crippen molar-refractivity contribution in [2.45, 2.75) is 34.1 Å². The summed E-state index contributed by atoms with van der Waals surface area (Å²) in [4.78, 5) is 21.8. The monoisotopic (exact) mass is 202 g/mol. The maximum atomic E-state index is 11.4. The summed E-state index contributed by atoms with van der Waals surface area (Å²) in [6.07, 6.45) is 0.722. The van der Waals surface area contributed by atoms with Gasteiger partial charge in [0, 0.05) is 6.92 Å². The van der Waals surface area contributed by atoms with Crippen LogP contribution >= 0.6 is 0 Å². The molecule has 0 bridgehead atoms. The summed E-state index contributed by atoms with van der Waals surface area (Å²) in [5, 5.41) is 0. The number of carbonyl (C=O) groups excluding carboxylic acids is 2. The minimum absolute atomic E-state index is 0.126. The van der Waals surface area contributed by atoms with Crippen LogP contribution in [0.4, 0.5) is 0 Å². The maximum absolute atomic E-state index is 11.4. The van der Waals surface area contributed by atoms with Gasteiger partial charge in [0.2, 0.25) is 0 Å². The largest absolute Gasteiger partial charge is 0.462 e. The Bertz CT molecular complexity index is 208. The number of esters is 2. The van der Waals surface area contributed by atoms with Gasteiger partial charge in [-0.05, 0) is 20.3 Å². The number of hydrogen-bond acceptors (Lipinski definition) is 4. The Labute approximate surface area is 84.6 Å². The van der Waals surface area contributed by atoms with Crippen molar-refractivity contribution in [3.05, 3.63) is 0 Å². The third-order valence-corrected chi connectivity index (χ3v) is 2.06. The molecule has 4 heteroatoms. The second-order valence-corrected chi connectivity index (χ2v) is 3.71. The van der Waals surface area contributed by atoms with E-state index in [2.05, 4.69) is 4.74 Å². The van der Waals surface area contributed by atoms with Gasteiger partial charge in [-0.1, -0.05) is 6.92 Å². The second-order valence-electron chi connectivity index (χ2n) is 3.71. The minimum atomic E-state index is -0.462. The molecule has 14 heavy (non-hydrogen) atoms. The van der Waals surface area contributed by atoms with Crippen LogP contribution in [0, 0.1) is 5.41 Å². The average Bonchev–Trinajstić information content (AvgIpc) is 2.11. The molecule has 0 atom stereocenters. The summed E-state index contributed by atoms with van der Waals surface area (Å²) in [5.41, 5.74) is -0.462. The van der Waals surface area contributed by atoms with Crippen LogP contribution in [0.1, 0.15) is 34.1 Å². The lowest BCUT2D eigenvalue weighted by Gasteiger charge is -2.20. The first-order valence-corrected chi connectivity index (χ1v) is 4.70. The van der Waals surface area contributed by atoms with Crippen LogP contribution in [-0.2, 0) is 19.1 Å². The van der Waals surface area contributed by atoms with Gasteiger partial charge in [-0.15, -0.1) is 0 Å². The van der Waals surface area contributed by atoms with Crippen molar-refractivity contribution in [3.63, 3.8) is 0 Å². The zero-order valence-corrected chi connectivity index (χ0v) is 9.25. The van der Waals surface area contributed by atoms with Crippen LogP contribution in [0.25, 0.3) is 0 Å². The predicted molar refractivity (Wildman–Crippen MR) is 51.7 cm³/mol. The summed E-state index contributed by atoms with van der Waals surface area (Å²) in [6.45, 7) is 7.14. The molecule has 0 radical (unpaired) electrons. The SMILES string of the molecule is CCC(C)(C)C(=O)OCCOC(C)=O. The van der Waals surface area contributed by atoms with Crippen LogP contribution in [-0.4, -0.2) is 25.2 Å². The van der Waals surface area contributed by atoms with E-state index < -0.39 is 5.41 Å². The summed E-state index contributed by atoms with van der Waals surface area (Å²) in [7, 11) is 0. The van der Waals surface area contributed by atoms with Crippen molar-refractivity contribution in [3.8, 4) is 0 Å². The van der Waals surface area contributed by atoms with E-state index in [-0.39, 0.29) is 25.2 Å². The molecule has 0 aromatic rings. The van der Waals surface area contributed by atoms with E-state index in [0.717, 1.165) is 6.42 Å². The maximum Gasteiger partial charge on any atom is 0.311 e. The molecule has 0 aromatic carbocycles.